The Hall–Kier alpha value is -4.35. The Bertz CT molecular complexity index is 1810. The SMILES string of the molecule is CC.CCCc1ccc(-c2cnn(-c3c(C(F)(F)F)c(OS(=O)(=O)C(F)(C(F)(F)F)C(F)(F)F)nn3C)c2)cc1C(=O)NC1(C#N)CC1.[HH]. The number of carbonyl (C=O) groups is 1. The van der Waals surface area contributed by atoms with Gasteiger partial charge in [-0.25, -0.2) is 13.8 Å². The van der Waals surface area contributed by atoms with Crippen LogP contribution in [0.15, 0.2) is 30.6 Å². The number of nitrogens with one attached hydrogen (secondary N) is 1. The third-order valence-corrected chi connectivity index (χ3v) is 8.38. The summed E-state index contributed by atoms with van der Waals surface area (Å²) in [5, 5.41) is 11.5. The molecule has 2 aromatic heterocycles. The van der Waals surface area contributed by atoms with Crippen molar-refractivity contribution in [2.75, 3.05) is 0 Å². The summed E-state index contributed by atoms with van der Waals surface area (Å²) in [7, 11) is -6.91. The molecule has 21 heteroatoms. The number of alkyl halides is 10. The molecule has 1 aliphatic carbocycles. The quantitative estimate of drug-likeness (QED) is 0.190. The van der Waals surface area contributed by atoms with Crippen LogP contribution in [0.2, 0.25) is 0 Å². The minimum atomic E-state index is -7.61. The summed E-state index contributed by atoms with van der Waals surface area (Å²) in [5.41, 5.74) is -2.34. The van der Waals surface area contributed by atoms with Crippen molar-refractivity contribution in [2.45, 2.75) is 75.5 Å². The first kappa shape index (κ1) is 38.1. The van der Waals surface area contributed by atoms with E-state index in [1.54, 1.807) is 6.07 Å². The zero-order valence-electron chi connectivity index (χ0n) is 25.3. The van der Waals surface area contributed by atoms with Gasteiger partial charge in [-0.05, 0) is 36.5 Å². The van der Waals surface area contributed by atoms with E-state index >= 15 is 0 Å². The van der Waals surface area contributed by atoms with Gasteiger partial charge in [0.25, 0.3) is 11.8 Å². The number of carbonyl (C=O) groups excluding carboxylic acids is 1. The lowest BCUT2D eigenvalue weighted by molar-refractivity contribution is -0.307. The van der Waals surface area contributed by atoms with E-state index in [1.165, 1.54) is 12.1 Å². The standard InChI is InChI=1S/C25H20F10N6O4S.C2H6.H2/c1-3-4-13-5-6-14(9-16(13)18(42)38-21(12-36)7-8-21)15-10-37-41(11-15)20-17(22(26,27)28)19(39-40(20)2)45-46(43,44)23(29,24(30,31)32)25(33,34)35;1-2;/h5-6,9-11H,3-4,7-8H2,1-2H3,(H,38,42);1-2H3;1H. The average Bonchev–Trinajstić information content (AvgIpc) is 3.42. The predicted molar refractivity (Wildman–Crippen MR) is 149 cm³/mol. The monoisotopic (exact) mass is 722 g/mol. The van der Waals surface area contributed by atoms with Gasteiger partial charge in [-0.2, -0.15) is 58.3 Å². The number of amides is 1. The highest BCUT2D eigenvalue weighted by Crippen LogP contribution is 2.51. The zero-order chi connectivity index (χ0) is 36.7. The summed E-state index contributed by atoms with van der Waals surface area (Å²) < 4.78 is 163. The average molecular weight is 723 g/mol. The molecule has 0 saturated heterocycles. The van der Waals surface area contributed by atoms with Crippen molar-refractivity contribution in [3.8, 4) is 28.9 Å². The molecule has 0 bridgehead atoms. The molecule has 0 unspecified atom stereocenters. The molecular weight excluding hydrogens is 694 g/mol. The second kappa shape index (κ2) is 12.9. The van der Waals surface area contributed by atoms with Crippen LogP contribution in [0.4, 0.5) is 43.9 Å². The van der Waals surface area contributed by atoms with E-state index in [4.69, 9.17) is 0 Å². The molecule has 1 amide bonds. The Morgan fingerprint density at radius 3 is 2.12 bits per heavy atom. The highest BCUT2D eigenvalue weighted by Gasteiger charge is 2.82. The molecule has 266 valence electrons. The van der Waals surface area contributed by atoms with Gasteiger partial charge < -0.3 is 9.50 Å². The van der Waals surface area contributed by atoms with Crippen LogP contribution in [-0.2, 0) is 29.8 Å². The topological polar surface area (TPSA) is 132 Å². The summed E-state index contributed by atoms with van der Waals surface area (Å²) in [6.07, 6.45) is -16.4. The fourth-order valence-electron chi connectivity index (χ4n) is 4.38. The second-order valence-corrected chi connectivity index (χ2v) is 11.8. The van der Waals surface area contributed by atoms with Crippen molar-refractivity contribution in [3.05, 3.63) is 47.3 Å². The molecule has 1 aliphatic rings. The first-order valence-electron chi connectivity index (χ1n) is 13.8. The van der Waals surface area contributed by atoms with Gasteiger partial charge in [-0.3, -0.25) is 4.79 Å². The number of halogens is 10. The summed E-state index contributed by atoms with van der Waals surface area (Å²) in [5.74, 6) is -4.17. The predicted octanol–water partition coefficient (Wildman–Crippen LogP) is 6.80. The van der Waals surface area contributed by atoms with Crippen LogP contribution < -0.4 is 9.50 Å². The molecule has 1 aromatic carbocycles. The molecule has 2 heterocycles. The van der Waals surface area contributed by atoms with Gasteiger partial charge >= 0.3 is 33.6 Å². The van der Waals surface area contributed by atoms with Crippen molar-refractivity contribution in [1.82, 2.24) is 24.9 Å². The van der Waals surface area contributed by atoms with Crippen LogP contribution in [0.5, 0.6) is 5.88 Å². The summed E-state index contributed by atoms with van der Waals surface area (Å²) >= 11 is 0. The summed E-state index contributed by atoms with van der Waals surface area (Å²) in [6.45, 7) is 5.84. The summed E-state index contributed by atoms with van der Waals surface area (Å²) in [4.78, 5) is 13.0. The van der Waals surface area contributed by atoms with E-state index in [-0.39, 0.29) is 22.8 Å². The minimum Gasteiger partial charge on any atom is -0.356 e. The van der Waals surface area contributed by atoms with Crippen molar-refractivity contribution >= 4 is 16.0 Å². The smallest absolute Gasteiger partial charge is 0.356 e. The molecule has 0 atom stereocenters. The molecule has 48 heavy (non-hydrogen) atoms. The number of nitriles is 1. The molecular formula is C27H28F10N6O4S. The maximum absolute atomic E-state index is 14.3. The highest BCUT2D eigenvalue weighted by atomic mass is 32.2. The van der Waals surface area contributed by atoms with Crippen LogP contribution in [0.1, 0.15) is 62.9 Å². The van der Waals surface area contributed by atoms with E-state index < -0.39 is 62.4 Å². The van der Waals surface area contributed by atoms with Gasteiger partial charge in [0, 0.05) is 25.8 Å². The van der Waals surface area contributed by atoms with Crippen LogP contribution >= 0.6 is 0 Å². The van der Waals surface area contributed by atoms with E-state index in [0.29, 0.717) is 43.0 Å². The van der Waals surface area contributed by atoms with Gasteiger partial charge in [0.1, 0.15) is 5.54 Å². The molecule has 1 saturated carbocycles. The fraction of sp³-hybridized carbons (Fsp3) is 0.481. The maximum Gasteiger partial charge on any atom is 0.450 e. The van der Waals surface area contributed by atoms with Gasteiger partial charge in [-0.1, -0.05) is 39.3 Å². The zero-order valence-corrected chi connectivity index (χ0v) is 26.1. The van der Waals surface area contributed by atoms with Crippen LogP contribution in [0.25, 0.3) is 16.9 Å². The minimum absolute atomic E-state index is 0. The van der Waals surface area contributed by atoms with E-state index in [9.17, 15) is 62.4 Å². The van der Waals surface area contributed by atoms with Crippen LogP contribution in [-0.4, -0.2) is 56.8 Å². The van der Waals surface area contributed by atoms with E-state index in [1.807, 2.05) is 26.8 Å². The van der Waals surface area contributed by atoms with Crippen LogP contribution in [0, 0.1) is 11.3 Å². The maximum atomic E-state index is 14.3. The Labute approximate surface area is 267 Å². The Balaban J connectivity index is 0.00000273. The molecule has 4 rings (SSSR count). The first-order chi connectivity index (χ1) is 22.0. The number of hydrogen-bond donors (Lipinski definition) is 1. The summed E-state index contributed by atoms with van der Waals surface area (Å²) in [6, 6.07) is 6.43. The number of nitrogens with zero attached hydrogens (tertiary/aromatic N) is 5. The first-order valence-corrected chi connectivity index (χ1v) is 15.3. The van der Waals surface area contributed by atoms with Crippen molar-refractivity contribution in [1.29, 1.82) is 5.26 Å². The number of aromatic nitrogens is 4. The highest BCUT2D eigenvalue weighted by molar-refractivity contribution is 7.88. The van der Waals surface area contributed by atoms with Gasteiger partial charge in [0.05, 0.1) is 12.3 Å². The van der Waals surface area contributed by atoms with Gasteiger partial charge in [-0.15, -0.1) is 5.10 Å². The van der Waals surface area contributed by atoms with Gasteiger partial charge in [0.15, 0.2) is 11.4 Å². The number of hydrogen-bond acceptors (Lipinski definition) is 7. The molecule has 1 fully saturated rings. The molecule has 0 spiro atoms. The van der Waals surface area contributed by atoms with Crippen LogP contribution in [0.3, 0.4) is 0 Å². The largest absolute Gasteiger partial charge is 0.450 e. The second-order valence-electron chi connectivity index (χ2n) is 10.2. The number of rotatable bonds is 9. The fourth-order valence-corrected chi connectivity index (χ4v) is 5.39. The normalized spacial score (nSPS) is 14.9. The molecule has 10 nitrogen and oxygen atoms in total. The molecule has 0 radical (unpaired) electrons. The lowest BCUT2D eigenvalue weighted by atomic mass is 9.97. The third kappa shape index (κ3) is 6.93. The van der Waals surface area contributed by atoms with E-state index in [0.717, 1.165) is 12.4 Å². The lowest BCUT2D eigenvalue weighted by Gasteiger charge is -2.28. The van der Waals surface area contributed by atoms with Gasteiger partial charge in [0.2, 0.25) is 0 Å². The molecule has 1 N–H and O–H groups in total. The Morgan fingerprint density at radius 2 is 1.65 bits per heavy atom. The molecule has 0 aliphatic heterocycles. The van der Waals surface area contributed by atoms with Crippen molar-refractivity contribution in [3.63, 3.8) is 0 Å². The third-order valence-electron chi connectivity index (χ3n) is 6.85. The Morgan fingerprint density at radius 1 is 1.06 bits per heavy atom. The number of aryl methyl sites for hydroxylation is 2. The number of benzene rings is 1. The van der Waals surface area contributed by atoms with Crippen molar-refractivity contribution in [2.24, 2.45) is 7.05 Å². The Kier molecular flexibility index (Phi) is 10.3. The lowest BCUT2D eigenvalue weighted by Crippen LogP contribution is -2.60. The molecule has 3 aromatic rings. The van der Waals surface area contributed by atoms with E-state index in [2.05, 4.69) is 19.7 Å². The van der Waals surface area contributed by atoms with Crippen molar-refractivity contribution < 1.29 is 62.7 Å².